The van der Waals surface area contributed by atoms with E-state index in [1.807, 2.05) is 52.0 Å². The molecule has 0 saturated heterocycles. The van der Waals surface area contributed by atoms with Crippen LogP contribution in [-0.4, -0.2) is 12.5 Å². The van der Waals surface area contributed by atoms with Crippen LogP contribution in [0.5, 0.6) is 5.75 Å². The standard InChI is InChI=1S/C22H23NO4/c1-5-17-15(4)18-8-7-16(11-20(18)27-22(17)25)26-12-21(24)23-19-9-6-13(2)10-14(19)3/h6-11H,5,12H2,1-4H3,(H,23,24). The van der Waals surface area contributed by atoms with Crippen molar-refractivity contribution < 1.29 is 13.9 Å². The summed E-state index contributed by atoms with van der Waals surface area (Å²) in [7, 11) is 0. The third-order valence-corrected chi connectivity index (χ3v) is 4.64. The van der Waals surface area contributed by atoms with E-state index in [1.165, 1.54) is 0 Å². The molecule has 0 bridgehead atoms. The first-order valence-electron chi connectivity index (χ1n) is 8.95. The predicted molar refractivity (Wildman–Crippen MR) is 107 cm³/mol. The Morgan fingerprint density at radius 1 is 1.11 bits per heavy atom. The van der Waals surface area contributed by atoms with Crippen molar-refractivity contribution in [2.24, 2.45) is 0 Å². The lowest BCUT2D eigenvalue weighted by Crippen LogP contribution is -2.20. The molecule has 0 aliphatic heterocycles. The molecule has 27 heavy (non-hydrogen) atoms. The van der Waals surface area contributed by atoms with Crippen LogP contribution in [0.1, 0.15) is 29.2 Å². The number of hydrogen-bond donors (Lipinski definition) is 1. The van der Waals surface area contributed by atoms with E-state index < -0.39 is 0 Å². The van der Waals surface area contributed by atoms with Crippen molar-refractivity contribution in [3.8, 4) is 5.75 Å². The fourth-order valence-corrected chi connectivity index (χ4v) is 3.16. The van der Waals surface area contributed by atoms with Crippen LogP contribution < -0.4 is 15.7 Å². The van der Waals surface area contributed by atoms with Gasteiger partial charge >= 0.3 is 5.63 Å². The average Bonchev–Trinajstić information content (AvgIpc) is 2.62. The molecule has 0 aliphatic carbocycles. The molecule has 5 heteroatoms. The van der Waals surface area contributed by atoms with Crippen LogP contribution in [0.4, 0.5) is 5.69 Å². The van der Waals surface area contributed by atoms with E-state index >= 15 is 0 Å². The van der Waals surface area contributed by atoms with Gasteiger partial charge < -0.3 is 14.5 Å². The lowest BCUT2D eigenvalue weighted by molar-refractivity contribution is -0.118. The van der Waals surface area contributed by atoms with E-state index in [4.69, 9.17) is 9.15 Å². The minimum absolute atomic E-state index is 0.130. The molecule has 140 valence electrons. The smallest absolute Gasteiger partial charge is 0.339 e. The molecule has 0 atom stereocenters. The Morgan fingerprint density at radius 2 is 1.89 bits per heavy atom. The molecule has 3 rings (SSSR count). The van der Waals surface area contributed by atoms with Crippen LogP contribution in [0.15, 0.2) is 45.6 Å². The zero-order valence-electron chi connectivity index (χ0n) is 16.0. The molecule has 0 radical (unpaired) electrons. The number of aryl methyl sites for hydroxylation is 3. The number of fused-ring (bicyclic) bond motifs is 1. The van der Waals surface area contributed by atoms with Gasteiger partial charge in [-0.1, -0.05) is 24.6 Å². The van der Waals surface area contributed by atoms with Crippen LogP contribution >= 0.6 is 0 Å². The van der Waals surface area contributed by atoms with Gasteiger partial charge in [-0.2, -0.15) is 0 Å². The number of anilines is 1. The maximum absolute atomic E-state index is 12.2. The number of nitrogens with one attached hydrogen (secondary N) is 1. The Bertz CT molecular complexity index is 1070. The molecule has 5 nitrogen and oxygen atoms in total. The van der Waals surface area contributed by atoms with Gasteiger partial charge in [-0.15, -0.1) is 0 Å². The van der Waals surface area contributed by atoms with E-state index in [0.29, 0.717) is 23.3 Å². The van der Waals surface area contributed by atoms with Crippen molar-refractivity contribution in [1.29, 1.82) is 0 Å². The average molecular weight is 365 g/mol. The third-order valence-electron chi connectivity index (χ3n) is 4.64. The second-order valence-corrected chi connectivity index (χ2v) is 6.66. The van der Waals surface area contributed by atoms with Crippen molar-refractivity contribution in [3.05, 3.63) is 69.1 Å². The Balaban J connectivity index is 1.73. The summed E-state index contributed by atoms with van der Waals surface area (Å²) >= 11 is 0. The fourth-order valence-electron chi connectivity index (χ4n) is 3.16. The van der Waals surface area contributed by atoms with Crippen LogP contribution in [0.2, 0.25) is 0 Å². The summed E-state index contributed by atoms with van der Waals surface area (Å²) in [4.78, 5) is 24.2. The highest BCUT2D eigenvalue weighted by Gasteiger charge is 2.11. The molecule has 0 spiro atoms. The zero-order valence-corrected chi connectivity index (χ0v) is 16.0. The molecular formula is C22H23NO4. The normalized spacial score (nSPS) is 10.8. The molecule has 0 fully saturated rings. The van der Waals surface area contributed by atoms with E-state index in [9.17, 15) is 9.59 Å². The number of hydrogen-bond acceptors (Lipinski definition) is 4. The summed E-state index contributed by atoms with van der Waals surface area (Å²) in [6.07, 6.45) is 0.626. The quantitative estimate of drug-likeness (QED) is 0.685. The Kier molecular flexibility index (Phi) is 5.31. The number of benzene rings is 2. The summed E-state index contributed by atoms with van der Waals surface area (Å²) in [5.74, 6) is 0.228. The van der Waals surface area contributed by atoms with Crippen molar-refractivity contribution >= 4 is 22.6 Å². The minimum atomic E-state index is -0.327. The number of carbonyl (C=O) groups excluding carboxylic acids is 1. The fraction of sp³-hybridized carbons (Fsp3) is 0.273. The molecule has 2 aromatic carbocycles. The predicted octanol–water partition coefficient (Wildman–Crippen LogP) is 4.30. The third kappa shape index (κ3) is 4.03. The van der Waals surface area contributed by atoms with Gasteiger partial charge in [0, 0.05) is 22.7 Å². The van der Waals surface area contributed by atoms with Crippen molar-refractivity contribution in [3.63, 3.8) is 0 Å². The summed E-state index contributed by atoms with van der Waals surface area (Å²) in [6.45, 7) is 7.66. The molecule has 1 heterocycles. The summed E-state index contributed by atoms with van der Waals surface area (Å²) in [5, 5.41) is 3.71. The Hall–Kier alpha value is -3.08. The first-order valence-corrected chi connectivity index (χ1v) is 8.95. The Labute approximate surface area is 158 Å². The second-order valence-electron chi connectivity index (χ2n) is 6.66. The minimum Gasteiger partial charge on any atom is -0.484 e. The van der Waals surface area contributed by atoms with Crippen LogP contribution in [0.25, 0.3) is 11.0 Å². The zero-order chi connectivity index (χ0) is 19.6. The molecule has 1 amide bonds. The number of ether oxygens (including phenoxy) is 1. The van der Waals surface area contributed by atoms with Gasteiger partial charge in [0.2, 0.25) is 0 Å². The van der Waals surface area contributed by atoms with E-state index in [0.717, 1.165) is 27.8 Å². The monoisotopic (exact) mass is 365 g/mol. The van der Waals surface area contributed by atoms with Crippen molar-refractivity contribution in [2.45, 2.75) is 34.1 Å². The van der Waals surface area contributed by atoms with E-state index in [2.05, 4.69) is 5.32 Å². The number of amides is 1. The van der Waals surface area contributed by atoms with E-state index in [1.54, 1.807) is 12.1 Å². The maximum atomic E-state index is 12.2. The van der Waals surface area contributed by atoms with Gasteiger partial charge in [-0.05, 0) is 56.5 Å². The van der Waals surface area contributed by atoms with Crippen LogP contribution in [-0.2, 0) is 11.2 Å². The van der Waals surface area contributed by atoms with E-state index in [-0.39, 0.29) is 18.1 Å². The molecule has 1 N–H and O–H groups in total. The highest BCUT2D eigenvalue weighted by Crippen LogP contribution is 2.24. The maximum Gasteiger partial charge on any atom is 0.339 e. The first-order chi connectivity index (χ1) is 12.9. The summed E-state index contributed by atoms with van der Waals surface area (Å²) in [5.41, 5.74) is 4.64. The lowest BCUT2D eigenvalue weighted by atomic mass is 10.0. The SMILES string of the molecule is CCc1c(C)c2ccc(OCC(=O)Nc3ccc(C)cc3C)cc2oc1=O. The molecule has 0 saturated carbocycles. The number of rotatable bonds is 5. The Morgan fingerprint density at radius 3 is 2.59 bits per heavy atom. The molecule has 0 unspecified atom stereocenters. The van der Waals surface area contributed by atoms with Gasteiger partial charge in [0.05, 0.1) is 0 Å². The largest absolute Gasteiger partial charge is 0.484 e. The van der Waals surface area contributed by atoms with Gasteiger partial charge in [0.1, 0.15) is 11.3 Å². The summed E-state index contributed by atoms with van der Waals surface area (Å²) in [6, 6.07) is 11.1. The van der Waals surface area contributed by atoms with Gasteiger partial charge in [-0.3, -0.25) is 4.79 Å². The topological polar surface area (TPSA) is 68.5 Å². The number of carbonyl (C=O) groups is 1. The van der Waals surface area contributed by atoms with Crippen LogP contribution in [0, 0.1) is 20.8 Å². The molecule has 0 aliphatic rings. The highest BCUT2D eigenvalue weighted by atomic mass is 16.5. The molecule has 3 aromatic rings. The highest BCUT2D eigenvalue weighted by molar-refractivity contribution is 5.92. The second kappa shape index (κ2) is 7.66. The van der Waals surface area contributed by atoms with Crippen LogP contribution in [0.3, 0.4) is 0 Å². The lowest BCUT2D eigenvalue weighted by Gasteiger charge is -2.11. The molecular weight excluding hydrogens is 342 g/mol. The summed E-state index contributed by atoms with van der Waals surface area (Å²) < 4.78 is 11.0. The van der Waals surface area contributed by atoms with Gasteiger partial charge in [0.15, 0.2) is 6.61 Å². The van der Waals surface area contributed by atoms with Crippen molar-refractivity contribution in [2.75, 3.05) is 11.9 Å². The van der Waals surface area contributed by atoms with Gasteiger partial charge in [-0.25, -0.2) is 4.79 Å². The molecule has 1 aromatic heterocycles. The van der Waals surface area contributed by atoms with Gasteiger partial charge in [0.25, 0.3) is 5.91 Å². The first kappa shape index (κ1) is 18.7. The van der Waals surface area contributed by atoms with Crippen molar-refractivity contribution in [1.82, 2.24) is 0 Å².